The predicted octanol–water partition coefficient (Wildman–Crippen LogP) is 3.45. The van der Waals surface area contributed by atoms with Crippen LogP contribution in [0.4, 0.5) is 0 Å². The molecule has 1 aliphatic heterocycles. The predicted molar refractivity (Wildman–Crippen MR) is 87.2 cm³/mol. The molecule has 0 aliphatic carbocycles. The first-order valence-corrected chi connectivity index (χ1v) is 7.83. The maximum atomic E-state index is 9.73. The summed E-state index contributed by atoms with van der Waals surface area (Å²) in [6.07, 6.45) is 3.63. The summed E-state index contributed by atoms with van der Waals surface area (Å²) in [4.78, 5) is 6.89. The van der Waals surface area contributed by atoms with Gasteiger partial charge in [0.2, 0.25) is 0 Å². The van der Waals surface area contributed by atoms with E-state index in [9.17, 15) is 5.26 Å². The van der Waals surface area contributed by atoms with Crippen LogP contribution >= 0.6 is 0 Å². The fraction of sp³-hybridized carbons (Fsp3) is 0.368. The van der Waals surface area contributed by atoms with Gasteiger partial charge in [0.15, 0.2) is 0 Å². The molecule has 0 saturated carbocycles. The zero-order valence-electron chi connectivity index (χ0n) is 13.0. The number of pyridine rings is 1. The highest BCUT2D eigenvalue weighted by atomic mass is 15.1. The summed E-state index contributed by atoms with van der Waals surface area (Å²) >= 11 is 0. The summed E-state index contributed by atoms with van der Waals surface area (Å²) in [5, 5.41) is 9.73. The number of hydrogen-bond donors (Lipinski definition) is 0. The fourth-order valence-corrected chi connectivity index (χ4v) is 3.21. The fourth-order valence-electron chi connectivity index (χ4n) is 3.21. The highest BCUT2D eigenvalue weighted by molar-refractivity contribution is 5.33. The molecule has 2 heterocycles. The smallest absolute Gasteiger partial charge is 0.0846 e. The summed E-state index contributed by atoms with van der Waals surface area (Å²) in [7, 11) is 0. The van der Waals surface area contributed by atoms with E-state index in [1.54, 1.807) is 0 Å². The zero-order valence-corrected chi connectivity index (χ0v) is 13.0. The summed E-state index contributed by atoms with van der Waals surface area (Å²) in [6, 6.07) is 16.9. The minimum Gasteiger partial charge on any atom is -0.297 e. The van der Waals surface area contributed by atoms with Crippen LogP contribution in [0.25, 0.3) is 0 Å². The number of benzene rings is 1. The van der Waals surface area contributed by atoms with Crippen LogP contribution in [0.1, 0.15) is 29.7 Å². The molecule has 0 N–H and O–H groups in total. The van der Waals surface area contributed by atoms with Gasteiger partial charge in [-0.2, -0.15) is 5.26 Å². The molecule has 0 unspecified atom stereocenters. The first-order chi connectivity index (χ1) is 10.7. The number of aryl methyl sites for hydroxylation is 1. The second-order valence-corrected chi connectivity index (χ2v) is 6.10. The van der Waals surface area contributed by atoms with Crippen molar-refractivity contribution in [3.05, 3.63) is 65.5 Å². The van der Waals surface area contributed by atoms with Crippen molar-refractivity contribution in [3.63, 3.8) is 0 Å². The van der Waals surface area contributed by atoms with Gasteiger partial charge in [-0.1, -0.05) is 36.4 Å². The molecule has 1 aromatic heterocycles. The Morgan fingerprint density at radius 3 is 2.50 bits per heavy atom. The zero-order chi connectivity index (χ0) is 15.4. The maximum Gasteiger partial charge on any atom is 0.0846 e. The lowest BCUT2D eigenvalue weighted by molar-refractivity contribution is 0.177. The van der Waals surface area contributed by atoms with Crippen LogP contribution in [0.3, 0.4) is 0 Å². The third-order valence-electron chi connectivity index (χ3n) is 4.74. The van der Waals surface area contributed by atoms with Crippen LogP contribution in [-0.2, 0) is 12.0 Å². The average Bonchev–Trinajstić information content (AvgIpc) is 2.59. The van der Waals surface area contributed by atoms with Gasteiger partial charge in [0.25, 0.3) is 0 Å². The van der Waals surface area contributed by atoms with Gasteiger partial charge in [-0.25, -0.2) is 0 Å². The molecule has 22 heavy (non-hydrogen) atoms. The van der Waals surface area contributed by atoms with Crippen LogP contribution < -0.4 is 0 Å². The molecule has 0 spiro atoms. The van der Waals surface area contributed by atoms with Crippen molar-refractivity contribution in [2.24, 2.45) is 0 Å². The van der Waals surface area contributed by atoms with Gasteiger partial charge in [0.1, 0.15) is 0 Å². The number of aromatic nitrogens is 1. The molecule has 0 amide bonds. The Hall–Kier alpha value is -2.18. The second kappa shape index (κ2) is 6.29. The van der Waals surface area contributed by atoms with E-state index in [1.807, 2.05) is 30.5 Å². The minimum absolute atomic E-state index is 0.322. The number of likely N-dealkylation sites (tertiary alicyclic amines) is 1. The van der Waals surface area contributed by atoms with E-state index < -0.39 is 0 Å². The van der Waals surface area contributed by atoms with Crippen molar-refractivity contribution in [2.75, 3.05) is 13.1 Å². The van der Waals surface area contributed by atoms with Crippen LogP contribution in [0.2, 0.25) is 0 Å². The first kappa shape index (κ1) is 14.7. The third-order valence-corrected chi connectivity index (χ3v) is 4.74. The van der Waals surface area contributed by atoms with Gasteiger partial charge in [0, 0.05) is 25.8 Å². The molecule has 0 radical (unpaired) electrons. The van der Waals surface area contributed by atoms with E-state index in [4.69, 9.17) is 0 Å². The van der Waals surface area contributed by atoms with Gasteiger partial charge in [-0.05, 0) is 37.0 Å². The molecule has 2 aromatic rings. The van der Waals surface area contributed by atoms with Crippen molar-refractivity contribution in [3.8, 4) is 6.07 Å². The average molecular weight is 291 g/mol. The van der Waals surface area contributed by atoms with E-state index in [0.717, 1.165) is 43.7 Å². The number of nitriles is 1. The first-order valence-electron chi connectivity index (χ1n) is 7.83. The topological polar surface area (TPSA) is 39.9 Å². The SMILES string of the molecule is Cc1cccnc1CN1CCC(C#N)(c2ccccc2)CC1. The molecule has 1 aromatic carbocycles. The number of rotatable bonds is 3. The summed E-state index contributed by atoms with van der Waals surface area (Å²) in [5.41, 5.74) is 3.22. The lowest BCUT2D eigenvalue weighted by atomic mass is 9.74. The normalized spacial score (nSPS) is 17.8. The Labute approximate surface area is 132 Å². The molecule has 112 valence electrons. The Balaban J connectivity index is 1.70. The molecule has 3 nitrogen and oxygen atoms in total. The van der Waals surface area contributed by atoms with Crippen molar-refractivity contribution in [2.45, 2.75) is 31.7 Å². The summed E-state index contributed by atoms with van der Waals surface area (Å²) in [5.74, 6) is 0. The van der Waals surface area contributed by atoms with Gasteiger partial charge in [-0.15, -0.1) is 0 Å². The highest BCUT2D eigenvalue weighted by Gasteiger charge is 2.36. The van der Waals surface area contributed by atoms with Crippen molar-refractivity contribution >= 4 is 0 Å². The summed E-state index contributed by atoms with van der Waals surface area (Å²) in [6.45, 7) is 4.87. The standard InChI is InChI=1S/C19H21N3/c1-16-6-5-11-21-18(16)14-22-12-9-19(15-20,10-13-22)17-7-3-2-4-8-17/h2-8,11H,9-10,12-14H2,1H3. The molecule has 3 rings (SSSR count). The monoisotopic (exact) mass is 291 g/mol. The largest absolute Gasteiger partial charge is 0.297 e. The quantitative estimate of drug-likeness (QED) is 0.869. The van der Waals surface area contributed by atoms with E-state index in [-0.39, 0.29) is 5.41 Å². The number of piperidine rings is 1. The Morgan fingerprint density at radius 2 is 1.86 bits per heavy atom. The molecular formula is C19H21N3. The molecule has 0 atom stereocenters. The summed E-state index contributed by atoms with van der Waals surface area (Å²) < 4.78 is 0. The van der Waals surface area contributed by atoms with Gasteiger partial charge >= 0.3 is 0 Å². The van der Waals surface area contributed by atoms with Gasteiger partial charge in [0.05, 0.1) is 17.2 Å². The highest BCUT2D eigenvalue weighted by Crippen LogP contribution is 2.35. The van der Waals surface area contributed by atoms with Crippen LogP contribution in [0.5, 0.6) is 0 Å². The van der Waals surface area contributed by atoms with Crippen LogP contribution in [0, 0.1) is 18.3 Å². The molecule has 1 aliphatic rings. The molecule has 3 heteroatoms. The number of nitrogens with zero attached hydrogens (tertiary/aromatic N) is 3. The van der Waals surface area contributed by atoms with E-state index in [0.29, 0.717) is 0 Å². The van der Waals surface area contributed by atoms with Crippen LogP contribution in [0.15, 0.2) is 48.7 Å². The van der Waals surface area contributed by atoms with Crippen molar-refractivity contribution in [1.82, 2.24) is 9.88 Å². The Bertz CT molecular complexity index is 665. The van der Waals surface area contributed by atoms with E-state index >= 15 is 0 Å². The Kier molecular flexibility index (Phi) is 4.22. The minimum atomic E-state index is -0.322. The van der Waals surface area contributed by atoms with Gasteiger partial charge in [-0.3, -0.25) is 9.88 Å². The molecule has 1 saturated heterocycles. The van der Waals surface area contributed by atoms with Crippen molar-refractivity contribution in [1.29, 1.82) is 5.26 Å². The van der Waals surface area contributed by atoms with Gasteiger partial charge < -0.3 is 0 Å². The number of hydrogen-bond acceptors (Lipinski definition) is 3. The Morgan fingerprint density at radius 1 is 1.14 bits per heavy atom. The van der Waals surface area contributed by atoms with Crippen LogP contribution in [-0.4, -0.2) is 23.0 Å². The lowest BCUT2D eigenvalue weighted by Crippen LogP contribution is -2.41. The molecule has 0 bridgehead atoms. The second-order valence-electron chi connectivity index (χ2n) is 6.10. The van der Waals surface area contributed by atoms with Crippen molar-refractivity contribution < 1.29 is 0 Å². The van der Waals surface area contributed by atoms with E-state index in [2.05, 4.69) is 41.1 Å². The third kappa shape index (κ3) is 2.88. The molecular weight excluding hydrogens is 270 g/mol. The lowest BCUT2D eigenvalue weighted by Gasteiger charge is -2.37. The molecule has 1 fully saturated rings. The maximum absolute atomic E-state index is 9.73. The van der Waals surface area contributed by atoms with E-state index in [1.165, 1.54) is 5.56 Å².